The molecule has 0 spiro atoms. The van der Waals surface area contributed by atoms with Gasteiger partial charge in [-0.1, -0.05) is 0 Å². The number of amides is 1. The third-order valence-electron chi connectivity index (χ3n) is 4.54. The van der Waals surface area contributed by atoms with Crippen LogP contribution in [0.4, 0.5) is 5.00 Å². The summed E-state index contributed by atoms with van der Waals surface area (Å²) in [6, 6.07) is 9.65. The molecule has 1 atom stereocenters. The van der Waals surface area contributed by atoms with Crippen LogP contribution in [-0.4, -0.2) is 38.1 Å². The van der Waals surface area contributed by atoms with Crippen molar-refractivity contribution in [1.29, 1.82) is 5.26 Å². The van der Waals surface area contributed by atoms with E-state index in [1.807, 2.05) is 18.2 Å². The number of carbonyl (C=O) groups is 1. The van der Waals surface area contributed by atoms with Gasteiger partial charge in [-0.15, -0.1) is 11.3 Å². The fourth-order valence-corrected chi connectivity index (χ4v) is 4.07. The van der Waals surface area contributed by atoms with Gasteiger partial charge in [-0.25, -0.2) is 0 Å². The van der Waals surface area contributed by atoms with E-state index in [0.717, 1.165) is 36.4 Å². The molecule has 1 saturated heterocycles. The SMILES string of the molecule is COc1ccc(OC)c(C2CCCN2CC(=O)Nc2sccc2C#N)c1. The Hall–Kier alpha value is -2.56. The first-order chi connectivity index (χ1) is 12.7. The number of hydrogen-bond donors (Lipinski definition) is 1. The zero-order chi connectivity index (χ0) is 18.5. The largest absolute Gasteiger partial charge is 0.497 e. The van der Waals surface area contributed by atoms with E-state index in [4.69, 9.17) is 14.7 Å². The van der Waals surface area contributed by atoms with Crippen LogP contribution in [0.3, 0.4) is 0 Å². The second-order valence-corrected chi connectivity index (χ2v) is 6.98. The van der Waals surface area contributed by atoms with Gasteiger partial charge in [0.05, 0.1) is 26.3 Å². The molecule has 2 aromatic rings. The molecule has 1 N–H and O–H groups in total. The number of hydrogen-bond acceptors (Lipinski definition) is 6. The molecule has 1 unspecified atom stereocenters. The van der Waals surface area contributed by atoms with E-state index in [1.54, 1.807) is 25.7 Å². The number of thiophene rings is 1. The summed E-state index contributed by atoms with van der Waals surface area (Å²) in [5.74, 6) is 1.46. The molecular weight excluding hydrogens is 350 g/mol. The Morgan fingerprint density at radius 3 is 2.96 bits per heavy atom. The van der Waals surface area contributed by atoms with Crippen LogP contribution in [0, 0.1) is 11.3 Å². The van der Waals surface area contributed by atoms with Crippen molar-refractivity contribution in [3.63, 3.8) is 0 Å². The molecule has 1 aromatic carbocycles. The highest BCUT2D eigenvalue weighted by Gasteiger charge is 2.30. The summed E-state index contributed by atoms with van der Waals surface area (Å²) in [6.45, 7) is 1.11. The lowest BCUT2D eigenvalue weighted by molar-refractivity contribution is -0.117. The Labute approximate surface area is 156 Å². The summed E-state index contributed by atoms with van der Waals surface area (Å²) < 4.78 is 10.9. The Balaban J connectivity index is 1.74. The van der Waals surface area contributed by atoms with E-state index in [9.17, 15) is 4.79 Å². The second-order valence-electron chi connectivity index (χ2n) is 6.06. The van der Waals surface area contributed by atoms with Gasteiger partial charge in [0.15, 0.2) is 0 Å². The van der Waals surface area contributed by atoms with Crippen LogP contribution in [0.5, 0.6) is 11.5 Å². The molecule has 1 aliphatic heterocycles. The number of nitrogens with zero attached hydrogens (tertiary/aromatic N) is 2. The molecule has 1 aromatic heterocycles. The van der Waals surface area contributed by atoms with Gasteiger partial charge >= 0.3 is 0 Å². The molecule has 0 saturated carbocycles. The Morgan fingerprint density at radius 2 is 2.23 bits per heavy atom. The number of rotatable bonds is 6. The molecule has 0 bridgehead atoms. The van der Waals surface area contributed by atoms with Gasteiger partial charge < -0.3 is 14.8 Å². The van der Waals surface area contributed by atoms with Crippen LogP contribution >= 0.6 is 11.3 Å². The van der Waals surface area contributed by atoms with Crippen LogP contribution in [0.1, 0.15) is 30.0 Å². The summed E-state index contributed by atoms with van der Waals surface area (Å²) >= 11 is 1.36. The van der Waals surface area contributed by atoms with Crippen molar-refractivity contribution in [2.24, 2.45) is 0 Å². The minimum atomic E-state index is -0.113. The number of ether oxygens (including phenoxy) is 2. The van der Waals surface area contributed by atoms with Gasteiger partial charge in [0.25, 0.3) is 0 Å². The Morgan fingerprint density at radius 1 is 1.38 bits per heavy atom. The first-order valence-corrected chi connectivity index (χ1v) is 9.27. The number of nitrogens with one attached hydrogen (secondary N) is 1. The van der Waals surface area contributed by atoms with Crippen LogP contribution in [0.25, 0.3) is 0 Å². The highest BCUT2D eigenvalue weighted by atomic mass is 32.1. The summed E-state index contributed by atoms with van der Waals surface area (Å²) in [4.78, 5) is 14.6. The maximum Gasteiger partial charge on any atom is 0.239 e. The van der Waals surface area contributed by atoms with Crippen LogP contribution < -0.4 is 14.8 Å². The van der Waals surface area contributed by atoms with E-state index in [0.29, 0.717) is 10.6 Å². The summed E-state index contributed by atoms with van der Waals surface area (Å²) in [5, 5.41) is 14.3. The first kappa shape index (κ1) is 18.2. The topological polar surface area (TPSA) is 74.6 Å². The number of anilines is 1. The molecular formula is C19H21N3O3S. The molecule has 1 fully saturated rings. The van der Waals surface area contributed by atoms with Crippen molar-refractivity contribution in [3.05, 3.63) is 40.8 Å². The summed E-state index contributed by atoms with van der Waals surface area (Å²) in [7, 11) is 3.29. The lowest BCUT2D eigenvalue weighted by Gasteiger charge is -2.26. The van der Waals surface area contributed by atoms with Crippen molar-refractivity contribution in [2.75, 3.05) is 32.6 Å². The van der Waals surface area contributed by atoms with Gasteiger partial charge in [0, 0.05) is 11.6 Å². The van der Waals surface area contributed by atoms with E-state index in [1.165, 1.54) is 11.3 Å². The lowest BCUT2D eigenvalue weighted by Crippen LogP contribution is -2.33. The van der Waals surface area contributed by atoms with Crippen LogP contribution in [-0.2, 0) is 4.79 Å². The van der Waals surface area contributed by atoms with Crippen molar-refractivity contribution in [2.45, 2.75) is 18.9 Å². The molecule has 0 aliphatic carbocycles. The van der Waals surface area contributed by atoms with E-state index >= 15 is 0 Å². The molecule has 26 heavy (non-hydrogen) atoms. The van der Waals surface area contributed by atoms with Crippen molar-refractivity contribution in [1.82, 2.24) is 4.90 Å². The van der Waals surface area contributed by atoms with Gasteiger partial charge in [0.1, 0.15) is 22.6 Å². The predicted octanol–water partition coefficient (Wildman–Crippen LogP) is 3.41. The number of methoxy groups -OCH3 is 2. The summed E-state index contributed by atoms with van der Waals surface area (Å²) in [6.07, 6.45) is 1.97. The number of carbonyl (C=O) groups excluding carboxylic acids is 1. The van der Waals surface area contributed by atoms with Gasteiger partial charge in [-0.3, -0.25) is 9.69 Å². The molecule has 6 nitrogen and oxygen atoms in total. The maximum atomic E-state index is 12.5. The molecule has 1 aliphatic rings. The second kappa shape index (κ2) is 8.21. The quantitative estimate of drug-likeness (QED) is 0.842. The first-order valence-electron chi connectivity index (χ1n) is 8.39. The molecule has 7 heteroatoms. The Bertz CT molecular complexity index is 828. The highest BCUT2D eigenvalue weighted by Crippen LogP contribution is 2.38. The molecule has 2 heterocycles. The third kappa shape index (κ3) is 3.82. The van der Waals surface area contributed by atoms with Gasteiger partial charge in [-0.05, 0) is 49.0 Å². The van der Waals surface area contributed by atoms with E-state index < -0.39 is 0 Å². The molecule has 136 valence electrons. The van der Waals surface area contributed by atoms with Crippen LogP contribution in [0.15, 0.2) is 29.6 Å². The van der Waals surface area contributed by atoms with Crippen molar-refractivity contribution >= 4 is 22.2 Å². The maximum absolute atomic E-state index is 12.5. The standard InChI is InChI=1S/C19H21N3O3S/c1-24-14-5-6-17(25-2)15(10-14)16-4-3-8-22(16)12-18(23)21-19-13(11-20)7-9-26-19/h5-7,9-10,16H,3-4,8,12H2,1-2H3,(H,21,23). The molecule has 3 rings (SSSR count). The minimum Gasteiger partial charge on any atom is -0.497 e. The minimum absolute atomic E-state index is 0.101. The number of nitriles is 1. The smallest absolute Gasteiger partial charge is 0.239 e. The number of likely N-dealkylation sites (tertiary alicyclic amines) is 1. The van der Waals surface area contributed by atoms with E-state index in [-0.39, 0.29) is 18.5 Å². The summed E-state index contributed by atoms with van der Waals surface area (Å²) in [5.41, 5.74) is 1.53. The normalized spacial score (nSPS) is 16.9. The average molecular weight is 371 g/mol. The molecule has 1 amide bonds. The van der Waals surface area contributed by atoms with Crippen molar-refractivity contribution < 1.29 is 14.3 Å². The monoisotopic (exact) mass is 371 g/mol. The van der Waals surface area contributed by atoms with Crippen LogP contribution in [0.2, 0.25) is 0 Å². The lowest BCUT2D eigenvalue weighted by atomic mass is 10.0. The number of benzene rings is 1. The predicted molar refractivity (Wildman–Crippen MR) is 101 cm³/mol. The third-order valence-corrected chi connectivity index (χ3v) is 5.37. The van der Waals surface area contributed by atoms with Gasteiger partial charge in [-0.2, -0.15) is 5.26 Å². The fraction of sp³-hybridized carbons (Fsp3) is 0.368. The Kier molecular flexibility index (Phi) is 5.76. The average Bonchev–Trinajstić information content (AvgIpc) is 3.30. The highest BCUT2D eigenvalue weighted by molar-refractivity contribution is 7.14. The van der Waals surface area contributed by atoms with Crippen molar-refractivity contribution in [3.8, 4) is 17.6 Å². The zero-order valence-electron chi connectivity index (χ0n) is 14.8. The zero-order valence-corrected chi connectivity index (χ0v) is 15.6. The molecule has 0 radical (unpaired) electrons. The van der Waals surface area contributed by atoms with Gasteiger partial charge in [0.2, 0.25) is 5.91 Å². The fourth-order valence-electron chi connectivity index (χ4n) is 3.31. The van der Waals surface area contributed by atoms with E-state index in [2.05, 4.69) is 16.3 Å².